The predicted molar refractivity (Wildman–Crippen MR) is 191 cm³/mol. The number of nitrogens with one attached hydrogen (secondary N) is 2. The molecule has 2 fully saturated rings. The van der Waals surface area contributed by atoms with Crippen LogP contribution in [0.15, 0.2) is 48.5 Å². The average Bonchev–Trinajstić information content (AvgIpc) is 3.12. The zero-order valence-corrected chi connectivity index (χ0v) is 31.1. The maximum atomic E-state index is 11.1. The van der Waals surface area contributed by atoms with Gasteiger partial charge in [-0.25, -0.2) is 0 Å². The summed E-state index contributed by atoms with van der Waals surface area (Å²) >= 11 is 9.80. The molecule has 0 spiro atoms. The smallest absolute Gasteiger partial charge is 0.303 e. The van der Waals surface area contributed by atoms with Gasteiger partial charge in [0.15, 0.2) is 12.2 Å². The van der Waals surface area contributed by atoms with Crippen molar-refractivity contribution < 1.29 is 67.9 Å². The minimum Gasteiger partial charge on any atom is -0.474 e. The van der Waals surface area contributed by atoms with E-state index in [1.807, 2.05) is 24.3 Å². The summed E-state index contributed by atoms with van der Waals surface area (Å²) in [4.78, 5) is 22.2. The summed E-state index contributed by atoms with van der Waals surface area (Å²) in [6.45, 7) is 6.71. The zero-order valence-electron chi connectivity index (χ0n) is 29.5. The van der Waals surface area contributed by atoms with Gasteiger partial charge in [-0.3, -0.25) is 9.59 Å². The van der Waals surface area contributed by atoms with Crippen LogP contribution in [-0.4, -0.2) is 118 Å². The van der Waals surface area contributed by atoms with Crippen LogP contribution in [0.4, 0.5) is 0 Å². The largest absolute Gasteiger partial charge is 0.474 e. The van der Waals surface area contributed by atoms with Gasteiger partial charge in [0.05, 0.1) is 26.4 Å². The molecule has 2 aliphatic heterocycles. The van der Waals surface area contributed by atoms with Crippen molar-refractivity contribution >= 4 is 46.7 Å². The van der Waals surface area contributed by atoms with Gasteiger partial charge >= 0.3 is 11.9 Å². The quantitative estimate of drug-likeness (QED) is 0.147. The molecule has 2 saturated heterocycles. The molecule has 18 heteroatoms. The van der Waals surface area contributed by atoms with E-state index in [1.165, 1.54) is 28.1 Å². The standard InChI is InChI=1S/2C17H23NO7S/c2*1-9-15(24-10(2)19)13(20)14(21)16(23-9)25-12-6-4-11(5-7-12)8-18-17(26)22-3/h2*4-7,9,13-16,20-21H,8H2,1-3H3,(H,18,26). The van der Waals surface area contributed by atoms with Crippen LogP contribution in [0.1, 0.15) is 38.8 Å². The molecule has 0 aromatic heterocycles. The molecule has 2 aliphatic rings. The number of thiocarbonyl (C=S) groups is 2. The van der Waals surface area contributed by atoms with Gasteiger partial charge in [-0.05, 0) is 73.7 Å². The van der Waals surface area contributed by atoms with E-state index < -0.39 is 73.4 Å². The highest BCUT2D eigenvalue weighted by molar-refractivity contribution is 7.80. The molecule has 10 unspecified atom stereocenters. The lowest BCUT2D eigenvalue weighted by atomic mass is 9.99. The molecule has 0 bridgehead atoms. The van der Waals surface area contributed by atoms with Crippen LogP contribution in [-0.2, 0) is 51.1 Å². The van der Waals surface area contributed by atoms with Crippen LogP contribution >= 0.6 is 24.4 Å². The van der Waals surface area contributed by atoms with E-state index >= 15 is 0 Å². The second kappa shape index (κ2) is 20.4. The summed E-state index contributed by atoms with van der Waals surface area (Å²) in [5, 5.41) is 47.2. The molecule has 16 nitrogen and oxygen atoms in total. The van der Waals surface area contributed by atoms with Gasteiger partial charge in [0.1, 0.15) is 35.9 Å². The molecule has 2 aromatic carbocycles. The molecule has 288 valence electrons. The van der Waals surface area contributed by atoms with E-state index in [1.54, 1.807) is 38.1 Å². The number of carbonyl (C=O) groups is 2. The van der Waals surface area contributed by atoms with Crippen molar-refractivity contribution in [1.29, 1.82) is 0 Å². The fraction of sp³-hybridized carbons (Fsp3) is 0.529. The molecule has 2 aromatic rings. The Morgan fingerprint density at radius 1 is 0.635 bits per heavy atom. The third-order valence-corrected chi connectivity index (χ3v) is 8.38. The third-order valence-electron chi connectivity index (χ3n) is 7.75. The Kier molecular flexibility index (Phi) is 16.7. The van der Waals surface area contributed by atoms with Gasteiger partial charge < -0.3 is 69.0 Å². The Morgan fingerprint density at radius 2 is 0.962 bits per heavy atom. The van der Waals surface area contributed by atoms with Gasteiger partial charge in [0.25, 0.3) is 10.3 Å². The second-order valence-corrected chi connectivity index (χ2v) is 12.5. The van der Waals surface area contributed by atoms with Crippen molar-refractivity contribution in [2.45, 2.75) is 102 Å². The number of benzene rings is 2. The van der Waals surface area contributed by atoms with Gasteiger partial charge in [0, 0.05) is 26.9 Å². The maximum absolute atomic E-state index is 11.1. The number of rotatable bonds is 10. The Morgan fingerprint density at radius 3 is 1.25 bits per heavy atom. The number of ether oxygens (including phenoxy) is 8. The molecule has 52 heavy (non-hydrogen) atoms. The summed E-state index contributed by atoms with van der Waals surface area (Å²) in [6, 6.07) is 14.1. The Bertz CT molecular complexity index is 1360. The number of aliphatic hydroxyl groups excluding tert-OH is 4. The van der Waals surface area contributed by atoms with E-state index in [0.29, 0.717) is 34.9 Å². The minimum absolute atomic E-state index is 0.300. The Labute approximate surface area is 312 Å². The first kappa shape index (κ1) is 42.5. The molecular formula is C34H46N2O14S2. The van der Waals surface area contributed by atoms with Gasteiger partial charge in [-0.15, -0.1) is 0 Å². The highest BCUT2D eigenvalue weighted by Gasteiger charge is 2.47. The molecule has 0 aliphatic carbocycles. The Hall–Kier alpha value is -3.88. The van der Waals surface area contributed by atoms with Gasteiger partial charge in [-0.1, -0.05) is 24.3 Å². The number of methoxy groups -OCH3 is 2. The summed E-state index contributed by atoms with van der Waals surface area (Å²) in [7, 11) is 2.98. The normalized spacial score (nSPS) is 28.1. The summed E-state index contributed by atoms with van der Waals surface area (Å²) in [5.41, 5.74) is 1.90. The topological polar surface area (TPSA) is 213 Å². The van der Waals surface area contributed by atoms with Crippen molar-refractivity contribution in [3.8, 4) is 11.5 Å². The van der Waals surface area contributed by atoms with Crippen LogP contribution in [0.25, 0.3) is 0 Å². The van der Waals surface area contributed by atoms with Crippen LogP contribution in [0, 0.1) is 0 Å². The van der Waals surface area contributed by atoms with Crippen LogP contribution < -0.4 is 20.1 Å². The first-order valence-electron chi connectivity index (χ1n) is 16.2. The first-order chi connectivity index (χ1) is 24.6. The highest BCUT2D eigenvalue weighted by Crippen LogP contribution is 2.28. The molecule has 4 rings (SSSR count). The number of aliphatic hydroxyl groups is 4. The van der Waals surface area contributed by atoms with E-state index in [9.17, 15) is 30.0 Å². The number of carbonyl (C=O) groups excluding carboxylic acids is 2. The SMILES string of the molecule is COC(=S)NCc1ccc(OC2OC(C)C(OC(C)=O)C(O)C2O)cc1.COC(=S)NCc1ccc(OC2OC(C)C(OC(C)=O)C(O)C2O)cc1. The molecule has 6 N–H and O–H groups in total. The zero-order chi connectivity index (χ0) is 38.5. The molecular weight excluding hydrogens is 725 g/mol. The molecule has 0 saturated carbocycles. The molecule has 0 amide bonds. The van der Waals surface area contributed by atoms with E-state index in [0.717, 1.165) is 11.1 Å². The summed E-state index contributed by atoms with van der Waals surface area (Å²) < 4.78 is 42.1. The van der Waals surface area contributed by atoms with Gasteiger partial charge in [-0.2, -0.15) is 0 Å². The van der Waals surface area contributed by atoms with Crippen molar-refractivity contribution in [3.63, 3.8) is 0 Å². The highest BCUT2D eigenvalue weighted by atomic mass is 32.1. The number of hydrogen-bond donors (Lipinski definition) is 6. The average molecular weight is 771 g/mol. The lowest BCUT2D eigenvalue weighted by molar-refractivity contribution is -0.272. The van der Waals surface area contributed by atoms with Crippen LogP contribution in [0.5, 0.6) is 11.5 Å². The third kappa shape index (κ3) is 12.7. The van der Waals surface area contributed by atoms with Crippen LogP contribution in [0.3, 0.4) is 0 Å². The van der Waals surface area contributed by atoms with Gasteiger partial charge in [0.2, 0.25) is 12.6 Å². The van der Waals surface area contributed by atoms with Crippen molar-refractivity contribution in [2.75, 3.05) is 14.2 Å². The molecule has 10 atom stereocenters. The summed E-state index contributed by atoms with van der Waals surface area (Å²) in [5.74, 6) is -0.212. The summed E-state index contributed by atoms with van der Waals surface area (Å²) in [6.07, 6.45) is -10.7. The minimum atomic E-state index is -1.36. The molecule has 2 heterocycles. The van der Waals surface area contributed by atoms with E-state index in [4.69, 9.17) is 62.3 Å². The first-order valence-corrected chi connectivity index (χ1v) is 17.0. The monoisotopic (exact) mass is 770 g/mol. The van der Waals surface area contributed by atoms with E-state index in [2.05, 4.69) is 10.6 Å². The van der Waals surface area contributed by atoms with E-state index in [-0.39, 0.29) is 0 Å². The lowest BCUT2D eigenvalue weighted by Gasteiger charge is -2.40. The second-order valence-electron chi connectivity index (χ2n) is 11.7. The fourth-order valence-corrected chi connectivity index (χ4v) is 5.19. The van der Waals surface area contributed by atoms with Crippen LogP contribution in [0.2, 0.25) is 0 Å². The van der Waals surface area contributed by atoms with Crippen molar-refractivity contribution in [1.82, 2.24) is 10.6 Å². The number of hydrogen-bond acceptors (Lipinski definition) is 16. The van der Waals surface area contributed by atoms with Crippen molar-refractivity contribution in [3.05, 3.63) is 59.7 Å². The van der Waals surface area contributed by atoms with Crippen molar-refractivity contribution in [2.24, 2.45) is 0 Å². The predicted octanol–water partition coefficient (Wildman–Crippen LogP) is 0.969. The number of esters is 2. The fourth-order valence-electron chi connectivity index (χ4n) is 5.05. The molecule has 0 radical (unpaired) electrons. The Balaban J connectivity index is 0.000000280. The maximum Gasteiger partial charge on any atom is 0.303 e. The lowest BCUT2D eigenvalue weighted by Crippen LogP contribution is -2.59.